The van der Waals surface area contributed by atoms with Crippen LogP contribution < -0.4 is 5.32 Å². The standard InChI is InChI=1S/C14H12N2O/c1-3-11-9-15-7-6-13(11)14(5-1)16-10-12-4-2-8-17-12/h1-9,16H,10H2. The van der Waals surface area contributed by atoms with E-state index in [1.54, 1.807) is 12.5 Å². The largest absolute Gasteiger partial charge is 0.467 e. The summed E-state index contributed by atoms with van der Waals surface area (Å²) in [7, 11) is 0. The van der Waals surface area contributed by atoms with Crippen molar-refractivity contribution in [2.45, 2.75) is 6.54 Å². The molecule has 0 saturated heterocycles. The molecule has 0 saturated carbocycles. The Morgan fingerprint density at radius 2 is 2.12 bits per heavy atom. The summed E-state index contributed by atoms with van der Waals surface area (Å²) in [4.78, 5) is 4.12. The van der Waals surface area contributed by atoms with Crippen LogP contribution in [0.2, 0.25) is 0 Å². The van der Waals surface area contributed by atoms with Gasteiger partial charge < -0.3 is 9.73 Å². The summed E-state index contributed by atoms with van der Waals surface area (Å²) in [5, 5.41) is 5.68. The van der Waals surface area contributed by atoms with E-state index < -0.39 is 0 Å². The number of anilines is 1. The first-order valence-electron chi connectivity index (χ1n) is 5.52. The zero-order chi connectivity index (χ0) is 11.5. The van der Waals surface area contributed by atoms with Crippen molar-refractivity contribution in [1.82, 2.24) is 4.98 Å². The molecule has 0 unspecified atom stereocenters. The number of benzene rings is 1. The fraction of sp³-hybridized carbons (Fsp3) is 0.0714. The molecule has 3 rings (SSSR count). The number of hydrogen-bond donors (Lipinski definition) is 1. The highest BCUT2D eigenvalue weighted by atomic mass is 16.3. The zero-order valence-corrected chi connectivity index (χ0v) is 9.26. The monoisotopic (exact) mass is 224 g/mol. The first-order chi connectivity index (χ1) is 8.43. The van der Waals surface area contributed by atoms with E-state index in [0.717, 1.165) is 16.8 Å². The van der Waals surface area contributed by atoms with Crippen LogP contribution in [-0.2, 0) is 6.54 Å². The lowest BCUT2D eigenvalue weighted by Crippen LogP contribution is -1.98. The Hall–Kier alpha value is -2.29. The summed E-state index contributed by atoms with van der Waals surface area (Å²) < 4.78 is 5.29. The Labute approximate surface area is 99.1 Å². The molecule has 3 heteroatoms. The molecular formula is C14H12N2O. The summed E-state index contributed by atoms with van der Waals surface area (Å²) in [6.45, 7) is 0.689. The van der Waals surface area contributed by atoms with Crippen LogP contribution in [0.25, 0.3) is 10.8 Å². The minimum Gasteiger partial charge on any atom is -0.467 e. The Balaban J connectivity index is 1.90. The van der Waals surface area contributed by atoms with Gasteiger partial charge in [-0.25, -0.2) is 0 Å². The van der Waals surface area contributed by atoms with Crippen LogP contribution in [0.15, 0.2) is 59.5 Å². The second kappa shape index (κ2) is 4.29. The van der Waals surface area contributed by atoms with Crippen molar-refractivity contribution < 1.29 is 4.42 Å². The maximum atomic E-state index is 5.29. The van der Waals surface area contributed by atoms with E-state index >= 15 is 0 Å². The maximum Gasteiger partial charge on any atom is 0.122 e. The highest BCUT2D eigenvalue weighted by molar-refractivity contribution is 5.93. The molecule has 17 heavy (non-hydrogen) atoms. The minimum absolute atomic E-state index is 0.689. The van der Waals surface area contributed by atoms with E-state index in [0.29, 0.717) is 6.54 Å². The van der Waals surface area contributed by atoms with Gasteiger partial charge in [-0.15, -0.1) is 0 Å². The van der Waals surface area contributed by atoms with Crippen molar-refractivity contribution in [1.29, 1.82) is 0 Å². The van der Waals surface area contributed by atoms with Gasteiger partial charge in [-0.1, -0.05) is 12.1 Å². The lowest BCUT2D eigenvalue weighted by Gasteiger charge is -2.07. The summed E-state index contributed by atoms with van der Waals surface area (Å²) in [5.74, 6) is 0.927. The number of aromatic nitrogens is 1. The number of nitrogens with one attached hydrogen (secondary N) is 1. The molecule has 0 aliphatic heterocycles. The summed E-state index contributed by atoms with van der Waals surface area (Å²) >= 11 is 0. The van der Waals surface area contributed by atoms with E-state index in [1.165, 1.54) is 5.39 Å². The first-order valence-corrected chi connectivity index (χ1v) is 5.52. The molecule has 0 aliphatic carbocycles. The number of fused-ring (bicyclic) bond motifs is 1. The average molecular weight is 224 g/mol. The number of pyridine rings is 1. The molecule has 0 aliphatic rings. The minimum atomic E-state index is 0.689. The van der Waals surface area contributed by atoms with Crippen LogP contribution in [0.4, 0.5) is 5.69 Å². The van der Waals surface area contributed by atoms with Crippen molar-refractivity contribution in [3.63, 3.8) is 0 Å². The zero-order valence-electron chi connectivity index (χ0n) is 9.26. The molecule has 84 valence electrons. The molecule has 0 spiro atoms. The second-order valence-corrected chi connectivity index (χ2v) is 3.84. The van der Waals surface area contributed by atoms with Crippen molar-refractivity contribution in [2.24, 2.45) is 0 Å². The number of rotatable bonds is 3. The Kier molecular flexibility index (Phi) is 2.50. The molecule has 2 aromatic heterocycles. The van der Waals surface area contributed by atoms with Crippen LogP contribution in [0.3, 0.4) is 0 Å². The third kappa shape index (κ3) is 1.99. The SMILES string of the molecule is c1coc(CNc2cccc3cnccc23)c1. The van der Waals surface area contributed by atoms with Gasteiger partial charge in [-0.3, -0.25) is 4.98 Å². The quantitative estimate of drug-likeness (QED) is 0.740. The summed E-state index contributed by atoms with van der Waals surface area (Å²) in [6.07, 6.45) is 5.36. The maximum absolute atomic E-state index is 5.29. The van der Waals surface area contributed by atoms with Crippen LogP contribution in [0.5, 0.6) is 0 Å². The molecule has 0 amide bonds. The molecule has 0 fully saturated rings. The van der Waals surface area contributed by atoms with E-state index in [4.69, 9.17) is 4.42 Å². The van der Waals surface area contributed by atoms with Crippen molar-refractivity contribution in [3.05, 3.63) is 60.8 Å². The molecule has 3 nitrogen and oxygen atoms in total. The molecule has 1 aromatic carbocycles. The molecule has 3 aromatic rings. The van der Waals surface area contributed by atoms with Crippen molar-refractivity contribution in [2.75, 3.05) is 5.32 Å². The molecule has 0 radical (unpaired) electrons. The van der Waals surface area contributed by atoms with Crippen molar-refractivity contribution >= 4 is 16.5 Å². The fourth-order valence-electron chi connectivity index (χ4n) is 1.87. The van der Waals surface area contributed by atoms with Crippen LogP contribution in [-0.4, -0.2) is 4.98 Å². The Morgan fingerprint density at radius 3 is 3.00 bits per heavy atom. The number of furan rings is 1. The molecular weight excluding hydrogens is 212 g/mol. The highest BCUT2D eigenvalue weighted by Gasteiger charge is 2.01. The third-order valence-corrected chi connectivity index (χ3v) is 2.71. The van der Waals surface area contributed by atoms with E-state index in [2.05, 4.69) is 22.4 Å². The van der Waals surface area contributed by atoms with E-state index in [1.807, 2.05) is 30.5 Å². The van der Waals surface area contributed by atoms with E-state index in [-0.39, 0.29) is 0 Å². The van der Waals surface area contributed by atoms with Gasteiger partial charge in [0.25, 0.3) is 0 Å². The van der Waals surface area contributed by atoms with Crippen molar-refractivity contribution in [3.8, 4) is 0 Å². The van der Waals surface area contributed by atoms with Gasteiger partial charge in [0.1, 0.15) is 5.76 Å². The van der Waals surface area contributed by atoms with Gasteiger partial charge in [0, 0.05) is 28.9 Å². The summed E-state index contributed by atoms with van der Waals surface area (Å²) in [6, 6.07) is 12.0. The molecule has 1 N–H and O–H groups in total. The fourth-order valence-corrected chi connectivity index (χ4v) is 1.87. The van der Waals surface area contributed by atoms with Crippen LogP contribution in [0, 0.1) is 0 Å². The normalized spacial score (nSPS) is 10.6. The summed E-state index contributed by atoms with van der Waals surface area (Å²) in [5.41, 5.74) is 1.10. The Morgan fingerprint density at radius 1 is 1.12 bits per heavy atom. The molecule has 0 bridgehead atoms. The Bertz CT molecular complexity index is 612. The van der Waals surface area contributed by atoms with Gasteiger partial charge in [-0.2, -0.15) is 0 Å². The first kappa shape index (κ1) is 9.90. The number of nitrogens with zero attached hydrogens (tertiary/aromatic N) is 1. The smallest absolute Gasteiger partial charge is 0.122 e. The molecule has 2 heterocycles. The van der Waals surface area contributed by atoms with Gasteiger partial charge in [0.05, 0.1) is 12.8 Å². The second-order valence-electron chi connectivity index (χ2n) is 3.84. The predicted octanol–water partition coefficient (Wildman–Crippen LogP) is 3.44. The lowest BCUT2D eigenvalue weighted by molar-refractivity contribution is 0.518. The number of hydrogen-bond acceptors (Lipinski definition) is 3. The van der Waals surface area contributed by atoms with Crippen LogP contribution in [0.1, 0.15) is 5.76 Å². The highest BCUT2D eigenvalue weighted by Crippen LogP contribution is 2.22. The lowest BCUT2D eigenvalue weighted by atomic mass is 10.1. The van der Waals surface area contributed by atoms with Gasteiger partial charge in [0.15, 0.2) is 0 Å². The average Bonchev–Trinajstić information content (AvgIpc) is 2.89. The van der Waals surface area contributed by atoms with Gasteiger partial charge in [0.2, 0.25) is 0 Å². The van der Waals surface area contributed by atoms with Crippen LogP contribution >= 0.6 is 0 Å². The van der Waals surface area contributed by atoms with Gasteiger partial charge in [-0.05, 0) is 24.3 Å². The van der Waals surface area contributed by atoms with E-state index in [9.17, 15) is 0 Å². The third-order valence-electron chi connectivity index (χ3n) is 2.71. The topological polar surface area (TPSA) is 38.1 Å². The molecule has 0 atom stereocenters. The predicted molar refractivity (Wildman–Crippen MR) is 67.8 cm³/mol. The van der Waals surface area contributed by atoms with Gasteiger partial charge >= 0.3 is 0 Å².